The van der Waals surface area contributed by atoms with E-state index >= 15 is 0 Å². The number of piperidine rings is 1. The number of hydrogen-bond acceptors (Lipinski definition) is 5. The largest absolute Gasteiger partial charge is 0.507 e. The summed E-state index contributed by atoms with van der Waals surface area (Å²) in [5, 5.41) is 22.0. The van der Waals surface area contributed by atoms with E-state index in [1.54, 1.807) is 6.07 Å². The van der Waals surface area contributed by atoms with Crippen molar-refractivity contribution in [1.82, 2.24) is 15.5 Å². The summed E-state index contributed by atoms with van der Waals surface area (Å²) in [6.07, 6.45) is -2.21. The maximum atomic E-state index is 12.9. The number of nitrogens with zero attached hydrogens (tertiary/aromatic N) is 3. The van der Waals surface area contributed by atoms with Crippen molar-refractivity contribution in [2.45, 2.75) is 32.0 Å². The number of halogens is 3. The van der Waals surface area contributed by atoms with Crippen LogP contribution >= 0.6 is 0 Å². The number of alkyl halides is 3. The van der Waals surface area contributed by atoms with Gasteiger partial charge < -0.3 is 15.3 Å². The van der Waals surface area contributed by atoms with Crippen molar-refractivity contribution in [3.05, 3.63) is 35.4 Å². The predicted molar refractivity (Wildman–Crippen MR) is 95.6 cm³/mol. The van der Waals surface area contributed by atoms with Crippen LogP contribution < -0.4 is 10.2 Å². The van der Waals surface area contributed by atoms with Crippen LogP contribution in [0.25, 0.3) is 11.3 Å². The number of aromatic nitrogens is 2. The second kappa shape index (κ2) is 6.67. The predicted octanol–water partition coefficient (Wildman–Crippen LogP) is 3.36. The Balaban J connectivity index is 1.61. The summed E-state index contributed by atoms with van der Waals surface area (Å²) in [4.78, 5) is 2.24. The van der Waals surface area contributed by atoms with E-state index in [1.807, 2.05) is 6.07 Å². The summed E-state index contributed by atoms with van der Waals surface area (Å²) >= 11 is 0. The van der Waals surface area contributed by atoms with E-state index in [4.69, 9.17) is 0 Å². The Hall–Kier alpha value is -2.35. The summed E-state index contributed by atoms with van der Waals surface area (Å²) in [6.45, 7) is 4.42. The third-order valence-corrected chi connectivity index (χ3v) is 5.57. The van der Waals surface area contributed by atoms with Crippen LogP contribution in [0.15, 0.2) is 24.3 Å². The Morgan fingerprint density at radius 2 is 2.00 bits per heavy atom. The average molecular weight is 378 g/mol. The van der Waals surface area contributed by atoms with Gasteiger partial charge in [0.05, 0.1) is 11.3 Å². The number of benzene rings is 1. The highest BCUT2D eigenvalue weighted by Crippen LogP contribution is 2.39. The Morgan fingerprint density at radius 3 is 2.67 bits per heavy atom. The summed E-state index contributed by atoms with van der Waals surface area (Å²) in [7, 11) is 0. The first-order chi connectivity index (χ1) is 12.8. The number of aromatic hydroxyl groups is 1. The molecule has 4 rings (SSSR count). The zero-order valence-electron chi connectivity index (χ0n) is 14.9. The first kappa shape index (κ1) is 18.0. The molecule has 2 aliphatic heterocycles. The Labute approximate surface area is 155 Å². The van der Waals surface area contributed by atoms with Crippen LogP contribution in [0.4, 0.5) is 19.0 Å². The molecule has 2 fully saturated rings. The molecule has 0 amide bonds. The van der Waals surface area contributed by atoms with Crippen molar-refractivity contribution >= 4 is 5.82 Å². The number of fused-ring (bicyclic) bond motifs is 1. The van der Waals surface area contributed by atoms with Crippen LogP contribution in [0.2, 0.25) is 0 Å². The van der Waals surface area contributed by atoms with Crippen LogP contribution in [0.5, 0.6) is 5.75 Å². The number of rotatable bonds is 2. The molecule has 2 aliphatic rings. The number of hydrogen-bond donors (Lipinski definition) is 2. The molecule has 2 N–H and O–H groups in total. The van der Waals surface area contributed by atoms with Crippen LogP contribution in [0, 0.1) is 12.8 Å². The monoisotopic (exact) mass is 378 g/mol. The van der Waals surface area contributed by atoms with Gasteiger partial charge in [-0.15, -0.1) is 10.2 Å². The topological polar surface area (TPSA) is 61.3 Å². The minimum atomic E-state index is -4.50. The third kappa shape index (κ3) is 3.34. The highest BCUT2D eigenvalue weighted by Gasteiger charge is 2.36. The van der Waals surface area contributed by atoms with Gasteiger partial charge in [-0.05, 0) is 62.1 Å². The van der Waals surface area contributed by atoms with Crippen molar-refractivity contribution in [3.8, 4) is 17.0 Å². The minimum absolute atomic E-state index is 0.278. The Morgan fingerprint density at radius 1 is 1.19 bits per heavy atom. The lowest BCUT2D eigenvalue weighted by molar-refractivity contribution is -0.137. The van der Waals surface area contributed by atoms with Crippen LogP contribution in [0.1, 0.15) is 24.0 Å². The smallest absolute Gasteiger partial charge is 0.416 e. The van der Waals surface area contributed by atoms with Crippen molar-refractivity contribution in [1.29, 1.82) is 0 Å². The molecule has 5 nitrogen and oxygen atoms in total. The van der Waals surface area contributed by atoms with Gasteiger partial charge in [0.25, 0.3) is 0 Å². The second-order valence-electron chi connectivity index (χ2n) is 7.26. The number of nitrogens with one attached hydrogen (secondary N) is 1. The lowest BCUT2D eigenvalue weighted by atomic mass is 9.93. The van der Waals surface area contributed by atoms with Crippen molar-refractivity contribution in [2.75, 3.05) is 24.5 Å². The quantitative estimate of drug-likeness (QED) is 0.839. The van der Waals surface area contributed by atoms with E-state index in [2.05, 4.69) is 20.4 Å². The second-order valence-corrected chi connectivity index (χ2v) is 7.26. The Kier molecular flexibility index (Phi) is 4.46. The number of phenols is 1. The first-order valence-electron chi connectivity index (χ1n) is 9.07. The van der Waals surface area contributed by atoms with Gasteiger partial charge >= 0.3 is 6.18 Å². The fraction of sp³-hybridized carbons (Fsp3) is 0.474. The van der Waals surface area contributed by atoms with Crippen molar-refractivity contribution in [3.63, 3.8) is 0 Å². The standard InChI is InChI=1S/C19H21F3N4O/c1-11-8-13(19(20,21)22)9-16(27)18(11)14-2-3-17(25-24-14)26-7-5-12-4-6-23-10-15(12)26/h2-3,8-9,12,15,23,27H,4-7,10H2,1H3/t12-,15-/m1/s1. The molecular weight excluding hydrogens is 357 g/mol. The zero-order valence-corrected chi connectivity index (χ0v) is 14.9. The molecule has 27 heavy (non-hydrogen) atoms. The van der Waals surface area contributed by atoms with Gasteiger partial charge in [0.2, 0.25) is 0 Å². The van der Waals surface area contributed by atoms with Gasteiger partial charge in [-0.25, -0.2) is 0 Å². The molecule has 144 valence electrons. The highest BCUT2D eigenvalue weighted by atomic mass is 19.4. The molecule has 0 unspecified atom stereocenters. The normalized spacial score (nSPS) is 22.7. The molecule has 0 radical (unpaired) electrons. The third-order valence-electron chi connectivity index (χ3n) is 5.57. The molecule has 2 atom stereocenters. The first-order valence-corrected chi connectivity index (χ1v) is 9.07. The number of anilines is 1. The van der Waals surface area contributed by atoms with E-state index in [1.165, 1.54) is 6.92 Å². The molecule has 2 saturated heterocycles. The van der Waals surface area contributed by atoms with Gasteiger partial charge in [-0.2, -0.15) is 13.2 Å². The highest BCUT2D eigenvalue weighted by molar-refractivity contribution is 5.71. The fourth-order valence-corrected chi connectivity index (χ4v) is 4.23. The lowest BCUT2D eigenvalue weighted by Gasteiger charge is -2.32. The van der Waals surface area contributed by atoms with Gasteiger partial charge in [-0.3, -0.25) is 0 Å². The number of phenolic OH excluding ortho intramolecular Hbond substituents is 1. The van der Waals surface area contributed by atoms with Crippen molar-refractivity contribution in [2.24, 2.45) is 5.92 Å². The zero-order chi connectivity index (χ0) is 19.2. The van der Waals surface area contributed by atoms with Crippen LogP contribution in [-0.2, 0) is 6.18 Å². The van der Waals surface area contributed by atoms with E-state index in [0.717, 1.165) is 50.4 Å². The number of aryl methyl sites for hydroxylation is 1. The molecule has 0 bridgehead atoms. The Bertz CT molecular complexity index is 815. The van der Waals surface area contributed by atoms with Gasteiger partial charge in [0.15, 0.2) is 5.82 Å². The van der Waals surface area contributed by atoms with E-state index < -0.39 is 17.5 Å². The molecule has 0 saturated carbocycles. The molecular formula is C19H21F3N4O. The fourth-order valence-electron chi connectivity index (χ4n) is 4.23. The van der Waals surface area contributed by atoms with Crippen LogP contribution in [-0.4, -0.2) is 41.0 Å². The van der Waals surface area contributed by atoms with E-state index in [-0.39, 0.29) is 5.56 Å². The lowest BCUT2D eigenvalue weighted by Crippen LogP contribution is -2.46. The summed E-state index contributed by atoms with van der Waals surface area (Å²) < 4.78 is 38.7. The van der Waals surface area contributed by atoms with E-state index in [0.29, 0.717) is 23.2 Å². The van der Waals surface area contributed by atoms with Crippen molar-refractivity contribution < 1.29 is 18.3 Å². The maximum absolute atomic E-state index is 12.9. The average Bonchev–Trinajstić information content (AvgIpc) is 3.05. The summed E-state index contributed by atoms with van der Waals surface area (Å²) in [6, 6.07) is 5.69. The summed E-state index contributed by atoms with van der Waals surface area (Å²) in [5.74, 6) is 0.982. The molecule has 2 aromatic rings. The molecule has 8 heteroatoms. The van der Waals surface area contributed by atoms with Gasteiger partial charge in [0.1, 0.15) is 5.75 Å². The van der Waals surface area contributed by atoms with Gasteiger partial charge in [0, 0.05) is 24.7 Å². The maximum Gasteiger partial charge on any atom is 0.416 e. The molecule has 1 aromatic carbocycles. The molecule has 1 aromatic heterocycles. The molecule has 0 spiro atoms. The van der Waals surface area contributed by atoms with Crippen LogP contribution in [0.3, 0.4) is 0 Å². The minimum Gasteiger partial charge on any atom is -0.507 e. The summed E-state index contributed by atoms with van der Waals surface area (Å²) in [5.41, 5.74) is 0.0708. The van der Waals surface area contributed by atoms with E-state index in [9.17, 15) is 18.3 Å². The molecule has 3 heterocycles. The molecule has 0 aliphatic carbocycles. The van der Waals surface area contributed by atoms with Gasteiger partial charge in [-0.1, -0.05) is 0 Å². The SMILES string of the molecule is Cc1cc(C(F)(F)F)cc(O)c1-c1ccc(N2CC[C@H]3CCNC[C@H]32)nn1.